The SMILES string of the molecule is Cl.Cl.Cl.[111In]. The Hall–Kier alpha value is 1.74. The quantitative estimate of drug-likeness (QED) is 0.568. The van der Waals surface area contributed by atoms with Gasteiger partial charge in [0.25, 0.3) is 0 Å². The maximum atomic E-state index is 0. The minimum Gasteiger partial charge on any atom is -0.147 e. The third kappa shape index (κ3) is 9.27. The molecule has 0 saturated heterocycles. The first kappa shape index (κ1) is 42.6. The molecule has 0 bridgehead atoms. The van der Waals surface area contributed by atoms with E-state index in [1.165, 1.54) is 0 Å². The fraction of sp³-hybridized carbons (Fsp3) is 0. The van der Waals surface area contributed by atoms with Gasteiger partial charge in [-0.05, 0) is 0 Å². The van der Waals surface area contributed by atoms with Gasteiger partial charge in [0, 0.05) is 25.8 Å². The number of hydrogen-bond acceptors (Lipinski definition) is 0. The van der Waals surface area contributed by atoms with Gasteiger partial charge in [-0.15, -0.1) is 37.2 Å². The van der Waals surface area contributed by atoms with E-state index in [1.54, 1.807) is 0 Å². The minimum absolute atomic E-state index is 0. The summed E-state index contributed by atoms with van der Waals surface area (Å²) in [7, 11) is 0. The van der Waals surface area contributed by atoms with Gasteiger partial charge in [0.15, 0.2) is 0 Å². The second-order valence-electron chi connectivity index (χ2n) is 0. The van der Waals surface area contributed by atoms with Crippen molar-refractivity contribution in [1.82, 2.24) is 0 Å². The molecule has 0 heterocycles. The van der Waals surface area contributed by atoms with E-state index >= 15 is 0 Å². The summed E-state index contributed by atoms with van der Waals surface area (Å²) in [6.45, 7) is 0. The number of hydrogen-bond donors (Lipinski definition) is 0. The molecule has 0 nitrogen and oxygen atoms in total. The van der Waals surface area contributed by atoms with Crippen LogP contribution in [0.25, 0.3) is 0 Å². The monoisotopic (exact) mass is 219 g/mol. The van der Waals surface area contributed by atoms with Crippen molar-refractivity contribution in [2.75, 3.05) is 0 Å². The molecule has 0 N–H and O–H groups in total. The van der Waals surface area contributed by atoms with E-state index in [0.717, 1.165) is 0 Å². The summed E-state index contributed by atoms with van der Waals surface area (Å²) in [5.41, 5.74) is 0. The van der Waals surface area contributed by atoms with Gasteiger partial charge in [-0.25, -0.2) is 0 Å². The van der Waals surface area contributed by atoms with Crippen LogP contribution >= 0.6 is 37.2 Å². The first-order valence-corrected chi connectivity index (χ1v) is 0. The zero-order valence-corrected chi connectivity index (χ0v) is 7.55. The maximum absolute atomic E-state index is 0. The average molecular weight is 220 g/mol. The van der Waals surface area contributed by atoms with Crippen molar-refractivity contribution < 1.29 is 0 Å². The topological polar surface area (TPSA) is 0 Å². The Morgan fingerprint density at radius 3 is 0.500 bits per heavy atom. The van der Waals surface area contributed by atoms with E-state index in [1.807, 2.05) is 0 Å². The molecule has 0 aromatic rings. The zero-order chi connectivity index (χ0) is 0. The van der Waals surface area contributed by atoms with Crippen molar-refractivity contribution >= 4 is 63.1 Å². The van der Waals surface area contributed by atoms with Crippen LogP contribution in [0.4, 0.5) is 0 Å². The summed E-state index contributed by atoms with van der Waals surface area (Å²) in [5.74, 6) is 0. The van der Waals surface area contributed by atoms with E-state index in [4.69, 9.17) is 0 Å². The zero-order valence-electron chi connectivity index (χ0n) is 1.80. The molecule has 0 aromatic carbocycles. The summed E-state index contributed by atoms with van der Waals surface area (Å²) < 4.78 is 0. The Labute approximate surface area is 62.7 Å². The van der Waals surface area contributed by atoms with Crippen molar-refractivity contribution in [1.29, 1.82) is 0 Å². The van der Waals surface area contributed by atoms with Crippen LogP contribution in [0.5, 0.6) is 0 Å². The Morgan fingerprint density at radius 1 is 0.500 bits per heavy atom. The Bertz CT molecular complexity index is 3.25. The molecule has 0 aliphatic carbocycles. The van der Waals surface area contributed by atoms with E-state index in [-0.39, 0.29) is 63.1 Å². The molecule has 0 saturated carbocycles. The molecule has 27 valence electrons. The Morgan fingerprint density at radius 2 is 0.500 bits per heavy atom. The van der Waals surface area contributed by atoms with Crippen LogP contribution in [-0.4, -0.2) is 25.8 Å². The average Bonchev–Trinajstić information content (AvgIpc) is 0. The second-order valence-corrected chi connectivity index (χ2v) is 0. The Balaban J connectivity index is 0. The van der Waals surface area contributed by atoms with Gasteiger partial charge < -0.3 is 0 Å². The fourth-order valence-corrected chi connectivity index (χ4v) is 0. The molecular weight excluding hydrogens is 217 g/mol. The van der Waals surface area contributed by atoms with E-state index in [2.05, 4.69) is 0 Å². The number of halogens is 3. The van der Waals surface area contributed by atoms with Gasteiger partial charge in [-0.2, -0.15) is 0 Å². The van der Waals surface area contributed by atoms with Gasteiger partial charge in [-0.3, -0.25) is 0 Å². The summed E-state index contributed by atoms with van der Waals surface area (Å²) in [6.07, 6.45) is 0. The van der Waals surface area contributed by atoms with Crippen LogP contribution in [0.2, 0.25) is 0 Å². The smallest absolute Gasteiger partial charge is 0 e. The molecule has 0 aromatic heterocycles. The summed E-state index contributed by atoms with van der Waals surface area (Å²) in [5, 5.41) is 0. The molecule has 3 radical (unpaired) electrons. The van der Waals surface area contributed by atoms with E-state index in [0.29, 0.717) is 0 Å². The molecule has 0 unspecified atom stereocenters. The molecule has 0 rings (SSSR count). The third-order valence-corrected chi connectivity index (χ3v) is 0. The van der Waals surface area contributed by atoms with Gasteiger partial charge in [0.1, 0.15) is 0 Å². The van der Waals surface area contributed by atoms with Crippen LogP contribution < -0.4 is 0 Å². The predicted molar refractivity (Wildman–Crippen MR) is 27.5 cm³/mol. The van der Waals surface area contributed by atoms with Gasteiger partial charge in [-0.1, -0.05) is 0 Å². The first-order valence-electron chi connectivity index (χ1n) is 0. The molecule has 0 fully saturated rings. The minimum atomic E-state index is 0. The molecule has 4 heteroatoms. The van der Waals surface area contributed by atoms with Crippen molar-refractivity contribution in [2.45, 2.75) is 0 Å². The van der Waals surface area contributed by atoms with Crippen LogP contribution in [-0.2, 0) is 0 Å². The van der Waals surface area contributed by atoms with Crippen molar-refractivity contribution in [3.63, 3.8) is 0 Å². The van der Waals surface area contributed by atoms with E-state index < -0.39 is 0 Å². The van der Waals surface area contributed by atoms with Gasteiger partial charge in [0.05, 0.1) is 0 Å². The normalized spacial score (nSPS) is 0. The van der Waals surface area contributed by atoms with Crippen LogP contribution in [0, 0.1) is 0 Å². The summed E-state index contributed by atoms with van der Waals surface area (Å²) in [4.78, 5) is 0. The molecule has 0 amide bonds. The predicted octanol–water partition coefficient (Wildman–Crippen LogP) is 0.885. The molecule has 0 atom stereocenters. The molecule has 0 spiro atoms. The number of rotatable bonds is 0. The molecular formula is H3Cl3In. The van der Waals surface area contributed by atoms with Crippen molar-refractivity contribution in [3.05, 3.63) is 0 Å². The van der Waals surface area contributed by atoms with Crippen molar-refractivity contribution in [3.8, 4) is 0 Å². The maximum Gasteiger partial charge on any atom is 0 e. The van der Waals surface area contributed by atoms with E-state index in [9.17, 15) is 0 Å². The molecule has 0 aliphatic heterocycles. The van der Waals surface area contributed by atoms with Crippen LogP contribution in [0.1, 0.15) is 0 Å². The van der Waals surface area contributed by atoms with Gasteiger partial charge in [0.2, 0.25) is 0 Å². The standard InChI is InChI=1S/3ClH.In/h3*1H;/i;;;1-4. The van der Waals surface area contributed by atoms with Crippen molar-refractivity contribution in [2.24, 2.45) is 0 Å². The Kier molecular flexibility index (Phi) is 233. The first-order chi connectivity index (χ1) is 0. The van der Waals surface area contributed by atoms with Gasteiger partial charge >= 0.3 is 0 Å². The molecule has 4 heavy (non-hydrogen) atoms. The largest absolute Gasteiger partial charge is 0.147 e. The van der Waals surface area contributed by atoms with Crippen LogP contribution in [0.3, 0.4) is 0 Å². The molecule has 0 aliphatic rings. The fourth-order valence-electron chi connectivity index (χ4n) is 0. The second kappa shape index (κ2) is 21.9. The summed E-state index contributed by atoms with van der Waals surface area (Å²) in [6, 6.07) is 0. The van der Waals surface area contributed by atoms with Crippen LogP contribution in [0.15, 0.2) is 0 Å². The summed E-state index contributed by atoms with van der Waals surface area (Å²) >= 11 is 0. The third-order valence-electron chi connectivity index (χ3n) is 0.